The van der Waals surface area contributed by atoms with Gasteiger partial charge < -0.3 is 10.6 Å². The fourth-order valence-corrected chi connectivity index (χ4v) is 3.27. The zero-order valence-electron chi connectivity index (χ0n) is 16.9. The Morgan fingerprint density at radius 3 is 2.38 bits per heavy atom. The number of aryl methyl sites for hydroxylation is 2. The normalized spacial score (nSPS) is 11.0. The summed E-state index contributed by atoms with van der Waals surface area (Å²) in [5, 5.41) is 14.6. The molecule has 29 heavy (non-hydrogen) atoms. The Balaban J connectivity index is 1.79. The van der Waals surface area contributed by atoms with E-state index in [0.29, 0.717) is 22.1 Å². The Morgan fingerprint density at radius 2 is 1.76 bits per heavy atom. The maximum atomic E-state index is 12.7. The predicted molar refractivity (Wildman–Crippen MR) is 113 cm³/mol. The molecule has 0 atom stereocenters. The monoisotopic (exact) mass is 414 g/mol. The van der Waals surface area contributed by atoms with Crippen LogP contribution in [0.4, 0.5) is 11.5 Å². The van der Waals surface area contributed by atoms with Gasteiger partial charge in [0.25, 0.3) is 11.8 Å². The maximum absolute atomic E-state index is 12.7. The minimum atomic E-state index is -0.381. The largest absolute Gasteiger partial charge is 0.317 e. The highest BCUT2D eigenvalue weighted by atomic mass is 35.5. The lowest BCUT2D eigenvalue weighted by atomic mass is 10.2. The van der Waals surface area contributed by atoms with Crippen molar-refractivity contribution in [3.8, 4) is 0 Å². The molecule has 0 fully saturated rings. The summed E-state index contributed by atoms with van der Waals surface area (Å²) in [6.45, 7) is 7.80. The molecule has 9 heteroatoms. The maximum Gasteiger partial charge on any atom is 0.276 e. The number of nitrogens with zero attached hydrogens (tertiary/aromatic N) is 4. The van der Waals surface area contributed by atoms with Crippen LogP contribution < -0.4 is 10.6 Å². The Labute approximate surface area is 173 Å². The molecule has 0 aliphatic rings. The van der Waals surface area contributed by atoms with Crippen molar-refractivity contribution in [2.24, 2.45) is 7.05 Å². The van der Waals surface area contributed by atoms with Crippen molar-refractivity contribution >= 4 is 34.9 Å². The summed E-state index contributed by atoms with van der Waals surface area (Å²) in [6.07, 6.45) is 0. The Kier molecular flexibility index (Phi) is 5.74. The summed E-state index contributed by atoms with van der Waals surface area (Å²) in [5.41, 5.74) is 2.78. The van der Waals surface area contributed by atoms with Crippen LogP contribution in [-0.2, 0) is 7.05 Å². The third-order valence-corrected chi connectivity index (χ3v) is 4.85. The average Bonchev–Trinajstić information content (AvgIpc) is 3.16. The van der Waals surface area contributed by atoms with Gasteiger partial charge in [-0.3, -0.25) is 19.0 Å². The summed E-state index contributed by atoms with van der Waals surface area (Å²) in [4.78, 5) is 25.2. The van der Waals surface area contributed by atoms with Crippen molar-refractivity contribution in [1.82, 2.24) is 19.6 Å². The highest BCUT2D eigenvalue weighted by Crippen LogP contribution is 2.23. The lowest BCUT2D eigenvalue weighted by Gasteiger charge is -2.08. The van der Waals surface area contributed by atoms with Crippen LogP contribution in [-0.4, -0.2) is 31.4 Å². The van der Waals surface area contributed by atoms with E-state index in [1.807, 2.05) is 32.4 Å². The number of hydrogen-bond acceptors (Lipinski definition) is 4. The van der Waals surface area contributed by atoms with E-state index in [4.69, 9.17) is 11.6 Å². The fourth-order valence-electron chi connectivity index (χ4n) is 3.05. The molecule has 3 rings (SSSR count). The number of aromatic nitrogens is 4. The van der Waals surface area contributed by atoms with Gasteiger partial charge >= 0.3 is 0 Å². The second-order valence-electron chi connectivity index (χ2n) is 7.01. The van der Waals surface area contributed by atoms with Crippen LogP contribution in [0.25, 0.3) is 0 Å². The molecule has 0 radical (unpaired) electrons. The SMILES string of the molecule is Cc1nn(C(C)C)c(C)c1NC(=O)c1cc(NC(=O)c2ccccc2Cl)n(C)n1. The molecule has 1 aromatic carbocycles. The van der Waals surface area contributed by atoms with Gasteiger partial charge in [-0.25, -0.2) is 0 Å². The molecule has 0 saturated carbocycles. The molecule has 152 valence electrons. The summed E-state index contributed by atoms with van der Waals surface area (Å²) < 4.78 is 3.29. The topological polar surface area (TPSA) is 93.8 Å². The van der Waals surface area contributed by atoms with Gasteiger partial charge in [0.2, 0.25) is 0 Å². The van der Waals surface area contributed by atoms with Crippen molar-refractivity contribution in [3.63, 3.8) is 0 Å². The Hall–Kier alpha value is -3.13. The van der Waals surface area contributed by atoms with E-state index in [9.17, 15) is 9.59 Å². The molecule has 2 heterocycles. The van der Waals surface area contributed by atoms with Crippen molar-refractivity contribution in [1.29, 1.82) is 0 Å². The smallest absolute Gasteiger partial charge is 0.276 e. The molecule has 2 N–H and O–H groups in total. The molecule has 0 bridgehead atoms. The van der Waals surface area contributed by atoms with E-state index in [0.717, 1.165) is 11.4 Å². The molecule has 2 aromatic heterocycles. The van der Waals surface area contributed by atoms with Crippen LogP contribution in [0.3, 0.4) is 0 Å². The van der Waals surface area contributed by atoms with Crippen LogP contribution in [0.15, 0.2) is 30.3 Å². The number of benzene rings is 1. The summed E-state index contributed by atoms with van der Waals surface area (Å²) in [6, 6.07) is 8.44. The highest BCUT2D eigenvalue weighted by molar-refractivity contribution is 6.34. The second-order valence-corrected chi connectivity index (χ2v) is 7.42. The minimum Gasteiger partial charge on any atom is -0.317 e. The number of carbonyl (C=O) groups is 2. The molecule has 2 amide bonds. The lowest BCUT2D eigenvalue weighted by Crippen LogP contribution is -2.15. The molecule has 0 aliphatic heterocycles. The molecular formula is C20H23ClN6O2. The lowest BCUT2D eigenvalue weighted by molar-refractivity contribution is 0.101. The van der Waals surface area contributed by atoms with E-state index in [2.05, 4.69) is 20.8 Å². The van der Waals surface area contributed by atoms with Gasteiger partial charge in [0.05, 0.1) is 27.7 Å². The number of hydrogen-bond donors (Lipinski definition) is 2. The predicted octanol–water partition coefficient (Wildman–Crippen LogP) is 3.97. The van der Waals surface area contributed by atoms with Gasteiger partial charge in [-0.2, -0.15) is 10.2 Å². The zero-order chi connectivity index (χ0) is 21.3. The zero-order valence-corrected chi connectivity index (χ0v) is 17.7. The van der Waals surface area contributed by atoms with Crippen LogP contribution in [0.1, 0.15) is 52.1 Å². The number of anilines is 2. The average molecular weight is 415 g/mol. The molecule has 3 aromatic rings. The van der Waals surface area contributed by atoms with Gasteiger partial charge in [0.1, 0.15) is 5.82 Å². The van der Waals surface area contributed by atoms with E-state index < -0.39 is 0 Å². The number of nitrogens with one attached hydrogen (secondary N) is 2. The fraction of sp³-hybridized carbons (Fsp3) is 0.300. The van der Waals surface area contributed by atoms with E-state index >= 15 is 0 Å². The van der Waals surface area contributed by atoms with Crippen LogP contribution in [0.2, 0.25) is 5.02 Å². The molecule has 0 spiro atoms. The van der Waals surface area contributed by atoms with Gasteiger partial charge in [0, 0.05) is 19.2 Å². The Morgan fingerprint density at radius 1 is 1.07 bits per heavy atom. The van der Waals surface area contributed by atoms with Gasteiger partial charge in [-0.15, -0.1) is 0 Å². The molecular weight excluding hydrogens is 392 g/mol. The number of carbonyl (C=O) groups excluding carboxylic acids is 2. The number of rotatable bonds is 5. The third-order valence-electron chi connectivity index (χ3n) is 4.53. The van der Waals surface area contributed by atoms with Gasteiger partial charge in [0.15, 0.2) is 5.69 Å². The summed E-state index contributed by atoms with van der Waals surface area (Å²) in [5.74, 6) is -0.379. The third kappa shape index (κ3) is 4.17. The number of halogens is 1. The van der Waals surface area contributed by atoms with Crippen molar-refractivity contribution in [2.75, 3.05) is 10.6 Å². The first-order valence-corrected chi connectivity index (χ1v) is 9.53. The van der Waals surface area contributed by atoms with E-state index in [1.165, 1.54) is 10.7 Å². The number of amides is 2. The van der Waals surface area contributed by atoms with E-state index in [-0.39, 0.29) is 23.6 Å². The molecule has 0 unspecified atom stereocenters. The van der Waals surface area contributed by atoms with E-state index in [1.54, 1.807) is 31.3 Å². The summed E-state index contributed by atoms with van der Waals surface area (Å²) in [7, 11) is 1.65. The molecule has 0 aliphatic carbocycles. The quantitative estimate of drug-likeness (QED) is 0.660. The van der Waals surface area contributed by atoms with Crippen molar-refractivity contribution in [2.45, 2.75) is 33.7 Å². The first-order valence-electron chi connectivity index (χ1n) is 9.16. The molecule has 8 nitrogen and oxygen atoms in total. The van der Waals surface area contributed by atoms with Crippen molar-refractivity contribution < 1.29 is 9.59 Å². The van der Waals surface area contributed by atoms with Crippen LogP contribution in [0.5, 0.6) is 0 Å². The molecule has 0 saturated heterocycles. The first-order chi connectivity index (χ1) is 13.7. The van der Waals surface area contributed by atoms with Crippen LogP contribution >= 0.6 is 11.6 Å². The van der Waals surface area contributed by atoms with Gasteiger partial charge in [-0.1, -0.05) is 23.7 Å². The standard InChI is InChI=1S/C20H23ClN6O2/c1-11(2)27-13(4)18(12(3)24-27)23-20(29)16-10-17(26(5)25-16)22-19(28)14-8-6-7-9-15(14)21/h6-11H,1-5H3,(H,22,28)(H,23,29). The van der Waals surface area contributed by atoms with Crippen molar-refractivity contribution in [3.05, 3.63) is 58.0 Å². The minimum absolute atomic E-state index is 0.179. The Bertz CT molecular complexity index is 1080. The van der Waals surface area contributed by atoms with Crippen LogP contribution in [0, 0.1) is 13.8 Å². The highest BCUT2D eigenvalue weighted by Gasteiger charge is 2.20. The first kappa shape index (κ1) is 20.6. The van der Waals surface area contributed by atoms with Gasteiger partial charge in [-0.05, 0) is 39.8 Å². The summed E-state index contributed by atoms with van der Waals surface area (Å²) >= 11 is 6.07. The second kappa shape index (κ2) is 8.08.